The Morgan fingerprint density at radius 1 is 1.35 bits per heavy atom. The van der Waals surface area contributed by atoms with Crippen LogP contribution in [0.5, 0.6) is 0 Å². The molecule has 1 fully saturated rings. The van der Waals surface area contributed by atoms with Crippen LogP contribution in [0.2, 0.25) is 0 Å². The van der Waals surface area contributed by atoms with E-state index in [2.05, 4.69) is 18.8 Å². The Hall–Kier alpha value is -1.91. The van der Waals surface area contributed by atoms with Gasteiger partial charge in [-0.2, -0.15) is 0 Å². The highest BCUT2D eigenvalue weighted by molar-refractivity contribution is 5.97. The van der Waals surface area contributed by atoms with Gasteiger partial charge in [0.15, 0.2) is 0 Å². The van der Waals surface area contributed by atoms with E-state index in [0.717, 1.165) is 6.54 Å². The smallest absolute Gasteiger partial charge is 0.254 e. The van der Waals surface area contributed by atoms with Crippen LogP contribution in [0.3, 0.4) is 0 Å². The molecule has 5 nitrogen and oxygen atoms in total. The van der Waals surface area contributed by atoms with Crippen LogP contribution < -0.4 is 0 Å². The predicted octanol–water partition coefficient (Wildman–Crippen LogP) is 1.41. The molecule has 1 aliphatic heterocycles. The predicted molar refractivity (Wildman–Crippen MR) is 76.2 cm³/mol. The fourth-order valence-electron chi connectivity index (χ4n) is 2.49. The van der Waals surface area contributed by atoms with Crippen molar-refractivity contribution in [1.29, 1.82) is 0 Å². The number of aromatic nitrogens is 1. The second-order valence-electron chi connectivity index (χ2n) is 5.59. The molecule has 20 heavy (non-hydrogen) atoms. The van der Waals surface area contributed by atoms with Gasteiger partial charge in [-0.1, -0.05) is 13.8 Å². The number of pyridine rings is 1. The summed E-state index contributed by atoms with van der Waals surface area (Å²) in [7, 11) is 0. The molecule has 0 saturated carbocycles. The molecule has 2 rings (SSSR count). The van der Waals surface area contributed by atoms with Crippen LogP contribution in [-0.2, 0) is 4.79 Å². The lowest BCUT2D eigenvalue weighted by molar-refractivity contribution is -0.140. The third-order valence-electron chi connectivity index (χ3n) is 3.52. The molecule has 0 N–H and O–H groups in total. The maximum atomic E-state index is 12.4. The molecule has 108 valence electrons. The fourth-order valence-corrected chi connectivity index (χ4v) is 2.49. The van der Waals surface area contributed by atoms with Crippen LogP contribution in [0, 0.1) is 5.92 Å². The van der Waals surface area contributed by atoms with Crippen molar-refractivity contribution in [1.82, 2.24) is 14.8 Å². The minimum Gasteiger partial charge on any atom is -0.339 e. The zero-order valence-electron chi connectivity index (χ0n) is 12.2. The molecule has 0 aliphatic carbocycles. The minimum absolute atomic E-state index is 0.0346. The maximum Gasteiger partial charge on any atom is 0.254 e. The van der Waals surface area contributed by atoms with Crippen molar-refractivity contribution in [3.05, 3.63) is 30.1 Å². The van der Waals surface area contributed by atoms with Gasteiger partial charge in [-0.3, -0.25) is 14.6 Å². The van der Waals surface area contributed by atoms with E-state index in [1.807, 2.05) is 4.90 Å². The van der Waals surface area contributed by atoms with Gasteiger partial charge in [-0.15, -0.1) is 0 Å². The van der Waals surface area contributed by atoms with Crippen molar-refractivity contribution in [2.75, 3.05) is 19.6 Å². The Bertz CT molecular complexity index is 487. The lowest BCUT2D eigenvalue weighted by atomic mass is 10.1. The van der Waals surface area contributed by atoms with Gasteiger partial charge in [-0.05, 0) is 25.0 Å². The summed E-state index contributed by atoms with van der Waals surface area (Å²) >= 11 is 0. The van der Waals surface area contributed by atoms with Crippen LogP contribution >= 0.6 is 0 Å². The van der Waals surface area contributed by atoms with Crippen LogP contribution in [0.15, 0.2) is 24.5 Å². The molecule has 1 atom stereocenters. The molecule has 1 aromatic heterocycles. The standard InChI is InChI=1S/C15H21N3O2/c1-11(2)10-17-8-9-18(12(3)14(17)19)15(20)13-4-6-16-7-5-13/h4-7,11-12H,8-10H2,1-3H3/t12-/m0/s1. The first-order valence-corrected chi connectivity index (χ1v) is 7.00. The SMILES string of the molecule is CC(C)CN1CCN(C(=O)c2ccncc2)[C@@H](C)C1=O. The Morgan fingerprint density at radius 2 is 2.00 bits per heavy atom. The van der Waals surface area contributed by atoms with E-state index >= 15 is 0 Å². The summed E-state index contributed by atoms with van der Waals surface area (Å²) in [4.78, 5) is 32.1. The van der Waals surface area contributed by atoms with E-state index in [0.29, 0.717) is 24.6 Å². The topological polar surface area (TPSA) is 53.5 Å². The molecule has 0 spiro atoms. The number of carbonyl (C=O) groups excluding carboxylic acids is 2. The van der Waals surface area contributed by atoms with Crippen LogP contribution in [0.25, 0.3) is 0 Å². The first-order valence-electron chi connectivity index (χ1n) is 7.00. The number of amides is 2. The number of hydrogen-bond donors (Lipinski definition) is 0. The van der Waals surface area contributed by atoms with Gasteiger partial charge in [0.1, 0.15) is 6.04 Å². The zero-order chi connectivity index (χ0) is 14.7. The summed E-state index contributed by atoms with van der Waals surface area (Å²) in [6.07, 6.45) is 3.18. The van der Waals surface area contributed by atoms with Crippen LogP contribution in [0.1, 0.15) is 31.1 Å². The lowest BCUT2D eigenvalue weighted by Gasteiger charge is -2.39. The molecule has 0 unspecified atom stereocenters. The quantitative estimate of drug-likeness (QED) is 0.838. The average Bonchev–Trinajstić information content (AvgIpc) is 2.44. The normalized spacial score (nSPS) is 19.6. The van der Waals surface area contributed by atoms with E-state index in [9.17, 15) is 9.59 Å². The third-order valence-corrected chi connectivity index (χ3v) is 3.52. The molecule has 2 heterocycles. The van der Waals surface area contributed by atoms with Gasteiger partial charge < -0.3 is 9.80 Å². The second-order valence-corrected chi connectivity index (χ2v) is 5.59. The summed E-state index contributed by atoms with van der Waals surface area (Å²) in [6.45, 7) is 7.92. The fraction of sp³-hybridized carbons (Fsp3) is 0.533. The Balaban J connectivity index is 2.09. The van der Waals surface area contributed by atoms with E-state index in [-0.39, 0.29) is 11.8 Å². The molecular formula is C15H21N3O2. The maximum absolute atomic E-state index is 12.4. The molecule has 0 bridgehead atoms. The van der Waals surface area contributed by atoms with E-state index in [1.54, 1.807) is 36.4 Å². The highest BCUT2D eigenvalue weighted by Crippen LogP contribution is 2.16. The summed E-state index contributed by atoms with van der Waals surface area (Å²) in [5, 5.41) is 0. The summed E-state index contributed by atoms with van der Waals surface area (Å²) in [6, 6.07) is 2.96. The molecular weight excluding hydrogens is 254 g/mol. The van der Waals surface area contributed by atoms with Crippen molar-refractivity contribution in [3.63, 3.8) is 0 Å². The number of carbonyl (C=O) groups is 2. The Morgan fingerprint density at radius 3 is 2.60 bits per heavy atom. The van der Waals surface area contributed by atoms with E-state index in [1.165, 1.54) is 0 Å². The zero-order valence-corrected chi connectivity index (χ0v) is 12.2. The number of piperazine rings is 1. The van der Waals surface area contributed by atoms with Crippen molar-refractivity contribution in [3.8, 4) is 0 Å². The van der Waals surface area contributed by atoms with Gasteiger partial charge in [0, 0.05) is 37.6 Å². The molecule has 5 heteroatoms. The van der Waals surface area contributed by atoms with Crippen LogP contribution in [0.4, 0.5) is 0 Å². The molecule has 2 amide bonds. The van der Waals surface area contributed by atoms with Crippen molar-refractivity contribution in [2.45, 2.75) is 26.8 Å². The van der Waals surface area contributed by atoms with Crippen LogP contribution in [-0.4, -0.2) is 52.3 Å². The van der Waals surface area contributed by atoms with Crippen molar-refractivity contribution in [2.24, 2.45) is 5.92 Å². The van der Waals surface area contributed by atoms with Crippen molar-refractivity contribution >= 4 is 11.8 Å². The largest absolute Gasteiger partial charge is 0.339 e. The first-order chi connectivity index (χ1) is 9.50. The van der Waals surface area contributed by atoms with Gasteiger partial charge in [0.25, 0.3) is 5.91 Å². The highest BCUT2D eigenvalue weighted by Gasteiger charge is 2.34. The summed E-state index contributed by atoms with van der Waals surface area (Å²) in [5.41, 5.74) is 0.581. The van der Waals surface area contributed by atoms with Gasteiger partial charge in [0.05, 0.1) is 0 Å². The van der Waals surface area contributed by atoms with Crippen molar-refractivity contribution < 1.29 is 9.59 Å². The molecule has 0 aromatic carbocycles. The molecule has 1 aliphatic rings. The number of rotatable bonds is 3. The van der Waals surface area contributed by atoms with Gasteiger partial charge in [0.2, 0.25) is 5.91 Å². The second kappa shape index (κ2) is 6.03. The summed E-state index contributed by atoms with van der Waals surface area (Å²) < 4.78 is 0. The van der Waals surface area contributed by atoms with Gasteiger partial charge >= 0.3 is 0 Å². The van der Waals surface area contributed by atoms with E-state index < -0.39 is 6.04 Å². The Labute approximate surface area is 119 Å². The average molecular weight is 275 g/mol. The molecule has 1 saturated heterocycles. The van der Waals surface area contributed by atoms with Gasteiger partial charge in [-0.25, -0.2) is 0 Å². The highest BCUT2D eigenvalue weighted by atomic mass is 16.2. The molecule has 1 aromatic rings. The lowest BCUT2D eigenvalue weighted by Crippen LogP contribution is -2.58. The monoisotopic (exact) mass is 275 g/mol. The number of hydrogen-bond acceptors (Lipinski definition) is 3. The Kier molecular flexibility index (Phi) is 4.37. The third kappa shape index (κ3) is 2.98. The number of nitrogens with zero attached hydrogens (tertiary/aromatic N) is 3. The summed E-state index contributed by atoms with van der Waals surface area (Å²) in [5.74, 6) is 0.374. The van der Waals surface area contributed by atoms with E-state index in [4.69, 9.17) is 0 Å². The molecule has 0 radical (unpaired) electrons. The first kappa shape index (κ1) is 14.5. The minimum atomic E-state index is -0.400.